The molecule has 1 aliphatic heterocycles. The summed E-state index contributed by atoms with van der Waals surface area (Å²) in [6.07, 6.45) is 1.53. The van der Waals surface area contributed by atoms with Crippen LogP contribution in [0.25, 0.3) is 0 Å². The normalized spacial score (nSPS) is 15.2. The Morgan fingerprint density at radius 3 is 2.48 bits per heavy atom. The summed E-state index contributed by atoms with van der Waals surface area (Å²) >= 11 is 5.87. The maximum atomic E-state index is 12.6. The number of halogens is 1. The molecule has 1 N–H and O–H groups in total. The Hall–Kier alpha value is -2.27. The molecule has 6 heteroatoms. The predicted molar refractivity (Wildman–Crippen MR) is 97.5 cm³/mol. The van der Waals surface area contributed by atoms with Crippen LogP contribution in [0.15, 0.2) is 35.1 Å². The van der Waals surface area contributed by atoms with Gasteiger partial charge >= 0.3 is 0 Å². The topological polar surface area (TPSA) is 62.4 Å². The Kier molecular flexibility index (Phi) is 5.13. The summed E-state index contributed by atoms with van der Waals surface area (Å²) in [6, 6.07) is 8.94. The number of rotatable bonds is 3. The zero-order valence-corrected chi connectivity index (χ0v) is 15.1. The fourth-order valence-electron chi connectivity index (χ4n) is 2.94. The average molecular weight is 361 g/mol. The van der Waals surface area contributed by atoms with Gasteiger partial charge in [0.15, 0.2) is 0 Å². The van der Waals surface area contributed by atoms with Crippen molar-refractivity contribution in [2.45, 2.75) is 32.8 Å². The summed E-state index contributed by atoms with van der Waals surface area (Å²) in [6.45, 7) is 4.85. The van der Waals surface area contributed by atoms with Gasteiger partial charge in [0.2, 0.25) is 0 Å². The van der Waals surface area contributed by atoms with Gasteiger partial charge in [0.25, 0.3) is 11.5 Å². The van der Waals surface area contributed by atoms with Crippen molar-refractivity contribution in [3.05, 3.63) is 62.5 Å². The van der Waals surface area contributed by atoms with Gasteiger partial charge in [0.1, 0.15) is 17.4 Å². The molecule has 1 aromatic carbocycles. The fraction of sp³-hybridized carbons (Fsp3) is 0.368. The van der Waals surface area contributed by atoms with Crippen molar-refractivity contribution in [1.29, 1.82) is 0 Å². The monoisotopic (exact) mass is 360 g/mol. The number of benzene rings is 1. The zero-order chi connectivity index (χ0) is 18.0. The maximum Gasteiger partial charge on any atom is 0.261 e. The Bertz CT molecular complexity index is 822. The molecule has 0 aliphatic carbocycles. The highest BCUT2D eigenvalue weighted by Gasteiger charge is 2.26. The van der Waals surface area contributed by atoms with Crippen LogP contribution in [0.1, 0.15) is 34.5 Å². The quantitative estimate of drug-likeness (QED) is 0.913. The van der Waals surface area contributed by atoms with E-state index in [0.717, 1.165) is 29.8 Å². The molecule has 25 heavy (non-hydrogen) atoms. The van der Waals surface area contributed by atoms with Crippen molar-refractivity contribution in [3.63, 3.8) is 0 Å². The van der Waals surface area contributed by atoms with E-state index in [-0.39, 0.29) is 23.1 Å². The van der Waals surface area contributed by atoms with E-state index in [1.807, 2.05) is 26.0 Å². The van der Waals surface area contributed by atoms with Crippen LogP contribution in [0.2, 0.25) is 5.02 Å². The third-order valence-electron chi connectivity index (χ3n) is 4.57. The van der Waals surface area contributed by atoms with E-state index >= 15 is 0 Å². The standard InChI is InChI=1S/C19H21ClN2O3/c1-12-11-17(18(23)21-13(12)2)19(24)22-9-7-16(8-10-22)25-15-5-3-14(20)4-6-15/h3-6,11,16H,7-10H2,1-2H3,(H,21,23). The first-order chi connectivity index (χ1) is 11.9. The van der Waals surface area contributed by atoms with Crippen LogP contribution in [-0.2, 0) is 0 Å². The molecule has 1 aromatic heterocycles. The van der Waals surface area contributed by atoms with Gasteiger partial charge in [-0.1, -0.05) is 11.6 Å². The SMILES string of the molecule is Cc1cc(C(=O)N2CCC(Oc3ccc(Cl)cc3)CC2)c(=O)[nH]c1C. The molecule has 1 aliphatic rings. The third kappa shape index (κ3) is 4.04. The summed E-state index contributed by atoms with van der Waals surface area (Å²) in [5.41, 5.74) is 1.58. The molecule has 0 bridgehead atoms. The van der Waals surface area contributed by atoms with Crippen molar-refractivity contribution in [2.75, 3.05) is 13.1 Å². The molecule has 3 rings (SSSR count). The Morgan fingerprint density at radius 1 is 1.20 bits per heavy atom. The van der Waals surface area contributed by atoms with Crippen LogP contribution < -0.4 is 10.3 Å². The smallest absolute Gasteiger partial charge is 0.261 e. The van der Waals surface area contributed by atoms with Crippen LogP contribution >= 0.6 is 11.6 Å². The number of amides is 1. The summed E-state index contributed by atoms with van der Waals surface area (Å²) < 4.78 is 5.94. The van der Waals surface area contributed by atoms with Crippen molar-refractivity contribution in [2.24, 2.45) is 0 Å². The third-order valence-corrected chi connectivity index (χ3v) is 4.83. The first-order valence-corrected chi connectivity index (χ1v) is 8.74. The average Bonchev–Trinajstić information content (AvgIpc) is 2.60. The molecule has 1 fully saturated rings. The van der Waals surface area contributed by atoms with Gasteiger partial charge in [-0.05, 0) is 49.7 Å². The predicted octanol–water partition coefficient (Wildman–Crippen LogP) is 3.33. The number of aromatic nitrogens is 1. The minimum atomic E-state index is -0.326. The molecule has 0 spiro atoms. The molecule has 0 saturated carbocycles. The van der Waals surface area contributed by atoms with Crippen molar-refractivity contribution < 1.29 is 9.53 Å². The van der Waals surface area contributed by atoms with E-state index in [9.17, 15) is 9.59 Å². The minimum Gasteiger partial charge on any atom is -0.490 e. The molecule has 1 amide bonds. The number of nitrogens with one attached hydrogen (secondary N) is 1. The second-order valence-corrected chi connectivity index (χ2v) is 6.82. The lowest BCUT2D eigenvalue weighted by Crippen LogP contribution is -2.43. The molecule has 0 radical (unpaired) electrons. The number of H-pyrrole nitrogens is 1. The largest absolute Gasteiger partial charge is 0.490 e. The van der Waals surface area contributed by atoms with Crippen LogP contribution in [0.3, 0.4) is 0 Å². The van der Waals surface area contributed by atoms with Gasteiger partial charge in [-0.2, -0.15) is 0 Å². The van der Waals surface area contributed by atoms with Crippen molar-refractivity contribution in [1.82, 2.24) is 9.88 Å². The summed E-state index contributed by atoms with van der Waals surface area (Å²) in [4.78, 5) is 29.2. The fourth-order valence-corrected chi connectivity index (χ4v) is 3.06. The van der Waals surface area contributed by atoms with E-state index in [4.69, 9.17) is 16.3 Å². The minimum absolute atomic E-state index is 0.0586. The van der Waals surface area contributed by atoms with E-state index in [0.29, 0.717) is 18.1 Å². The number of nitrogens with zero attached hydrogens (tertiary/aromatic N) is 1. The van der Waals surface area contributed by atoms with Crippen molar-refractivity contribution in [3.8, 4) is 5.75 Å². The molecule has 1 saturated heterocycles. The molecular formula is C19H21ClN2O3. The number of carbonyl (C=O) groups excluding carboxylic acids is 1. The van der Waals surface area contributed by atoms with Crippen LogP contribution in [-0.4, -0.2) is 35.0 Å². The number of ether oxygens (including phenoxy) is 1. The highest BCUT2D eigenvalue weighted by molar-refractivity contribution is 6.30. The number of pyridine rings is 1. The molecule has 5 nitrogen and oxygen atoms in total. The Balaban J connectivity index is 1.62. The van der Waals surface area contributed by atoms with Gasteiger partial charge < -0.3 is 14.6 Å². The molecule has 2 aromatic rings. The van der Waals surface area contributed by atoms with Gasteiger partial charge in [0.05, 0.1) is 0 Å². The summed E-state index contributed by atoms with van der Waals surface area (Å²) in [7, 11) is 0. The highest BCUT2D eigenvalue weighted by Crippen LogP contribution is 2.21. The van der Waals surface area contributed by atoms with Crippen LogP contribution in [0.4, 0.5) is 0 Å². The van der Waals surface area contributed by atoms with E-state index in [1.165, 1.54) is 0 Å². The highest BCUT2D eigenvalue weighted by atomic mass is 35.5. The van der Waals surface area contributed by atoms with E-state index in [2.05, 4.69) is 4.98 Å². The summed E-state index contributed by atoms with van der Waals surface area (Å²) in [5.74, 6) is 0.564. The van der Waals surface area contributed by atoms with Crippen LogP contribution in [0, 0.1) is 13.8 Å². The number of piperidine rings is 1. The van der Waals surface area contributed by atoms with E-state index < -0.39 is 0 Å². The Morgan fingerprint density at radius 2 is 1.84 bits per heavy atom. The Labute approximate surface area is 151 Å². The molecule has 0 atom stereocenters. The number of aryl methyl sites for hydroxylation is 2. The van der Waals surface area contributed by atoms with Crippen LogP contribution in [0.5, 0.6) is 5.75 Å². The van der Waals surface area contributed by atoms with Gasteiger partial charge in [0, 0.05) is 36.6 Å². The molecule has 132 valence electrons. The van der Waals surface area contributed by atoms with Gasteiger partial charge in [-0.25, -0.2) is 0 Å². The van der Waals surface area contributed by atoms with E-state index in [1.54, 1.807) is 23.1 Å². The second kappa shape index (κ2) is 7.31. The van der Waals surface area contributed by atoms with Crippen molar-refractivity contribution >= 4 is 17.5 Å². The van der Waals surface area contributed by atoms with Gasteiger partial charge in [-0.15, -0.1) is 0 Å². The number of hydrogen-bond acceptors (Lipinski definition) is 3. The number of aromatic amines is 1. The molecule has 0 unspecified atom stereocenters. The number of carbonyl (C=O) groups is 1. The summed E-state index contributed by atoms with van der Waals surface area (Å²) in [5, 5.41) is 0.673. The zero-order valence-electron chi connectivity index (χ0n) is 14.3. The number of likely N-dealkylation sites (tertiary alicyclic amines) is 1. The number of hydrogen-bond donors (Lipinski definition) is 1. The lowest BCUT2D eigenvalue weighted by Gasteiger charge is -2.32. The lowest BCUT2D eigenvalue weighted by molar-refractivity contribution is 0.0594. The lowest BCUT2D eigenvalue weighted by atomic mass is 10.1. The molecule has 2 heterocycles. The second-order valence-electron chi connectivity index (χ2n) is 6.38. The van der Waals surface area contributed by atoms with Gasteiger partial charge in [-0.3, -0.25) is 9.59 Å². The maximum absolute atomic E-state index is 12.6. The first kappa shape index (κ1) is 17.5. The first-order valence-electron chi connectivity index (χ1n) is 8.36. The molecular weight excluding hydrogens is 340 g/mol.